The maximum Gasteiger partial charge on any atom is 0 e. The van der Waals surface area contributed by atoms with Gasteiger partial charge in [0.05, 0.1) is 0 Å². The third-order valence-corrected chi connectivity index (χ3v) is 0. The Kier molecular flexibility index (Phi) is 120. The van der Waals surface area contributed by atoms with Crippen molar-refractivity contribution in [2.45, 2.75) is 0 Å². The Morgan fingerprint density at radius 2 is 0.500 bits per heavy atom. The first-order valence-corrected chi connectivity index (χ1v) is 0. The molecule has 0 heterocycles. The van der Waals surface area contributed by atoms with E-state index in [-0.39, 0.29) is 88.5 Å². The molecular weight excluding hydrogens is 415 g/mol. The second kappa shape index (κ2) is 16.8. The van der Waals surface area contributed by atoms with Crippen LogP contribution in [0.3, 0.4) is 0 Å². The van der Waals surface area contributed by atoms with E-state index in [1.165, 1.54) is 0 Å². The molecule has 0 aliphatic carbocycles. The molecule has 0 fully saturated rings. The third kappa shape index (κ3) is 8.86. The van der Waals surface area contributed by atoms with Gasteiger partial charge in [-0.3, -0.25) is 0 Å². The van der Waals surface area contributed by atoms with E-state index in [9.17, 15) is 0 Å². The van der Waals surface area contributed by atoms with Crippen LogP contribution >= 0.6 is 0 Å². The molecule has 0 bridgehead atoms. The Morgan fingerprint density at radius 3 is 0.500 bits per heavy atom. The average Bonchev–Trinajstić information content (AvgIpc) is 0. The van der Waals surface area contributed by atoms with Gasteiger partial charge in [0.1, 0.15) is 0 Å². The molecule has 0 N–H and O–H groups in total. The van der Waals surface area contributed by atoms with Crippen LogP contribution in [0.5, 0.6) is 0 Å². The van der Waals surface area contributed by atoms with Crippen molar-refractivity contribution in [1.29, 1.82) is 0 Å². The van der Waals surface area contributed by atoms with Crippen molar-refractivity contribution in [2.75, 3.05) is 0 Å². The normalized spacial score (nSPS) is 0. The van der Waals surface area contributed by atoms with Gasteiger partial charge >= 0.3 is 0 Å². The molecule has 0 unspecified atom stereocenters. The first kappa shape index (κ1) is 28.5. The minimum atomic E-state index is 0. The summed E-state index contributed by atoms with van der Waals surface area (Å²) in [7, 11) is 0. The summed E-state index contributed by atoms with van der Waals surface area (Å²) in [4.78, 5) is 0. The first-order valence-electron chi connectivity index (χ1n) is 0. The van der Waals surface area contributed by atoms with Gasteiger partial charge in [-0.25, -0.2) is 0 Å². The molecule has 13 radical (unpaired) electrons. The van der Waals surface area contributed by atoms with Gasteiger partial charge in [-0.15, -0.1) is 0 Å². The van der Waals surface area contributed by atoms with Gasteiger partial charge in [0, 0.05) is 88.5 Å². The SMILES string of the molecule is [Co].[Sn].[Sn].[Sn]. The van der Waals surface area contributed by atoms with Crippen LogP contribution in [0, 0.1) is 0 Å². The van der Waals surface area contributed by atoms with Gasteiger partial charge in [0.15, 0.2) is 0 Å². The van der Waals surface area contributed by atoms with Crippen molar-refractivity contribution in [3.8, 4) is 0 Å². The van der Waals surface area contributed by atoms with E-state index < -0.39 is 0 Å². The molecule has 0 saturated carbocycles. The van der Waals surface area contributed by atoms with Crippen LogP contribution < -0.4 is 0 Å². The van der Waals surface area contributed by atoms with Gasteiger partial charge in [0.25, 0.3) is 0 Å². The summed E-state index contributed by atoms with van der Waals surface area (Å²) in [6.07, 6.45) is 0. The minimum absolute atomic E-state index is 0. The smallest absolute Gasteiger partial charge is 0 e. The van der Waals surface area contributed by atoms with Gasteiger partial charge in [-0.05, 0) is 0 Å². The quantitative estimate of drug-likeness (QED) is 0.439. The van der Waals surface area contributed by atoms with Crippen LogP contribution in [0.4, 0.5) is 0 Å². The Bertz CT molecular complexity index is 3.25. The predicted octanol–water partition coefficient (Wildman–Crippen LogP) is -1.14. The monoisotopic (exact) mass is 419 g/mol. The molecule has 4 heteroatoms. The van der Waals surface area contributed by atoms with E-state index >= 15 is 0 Å². The molecule has 0 aliphatic heterocycles. The molecule has 21 valence electrons. The Hall–Kier alpha value is 2.90. The molecule has 0 spiro atoms. The topological polar surface area (TPSA) is 0 Å². The Balaban J connectivity index is 0. The molecule has 0 aromatic heterocycles. The predicted molar refractivity (Wildman–Crippen MR) is 17.3 cm³/mol. The van der Waals surface area contributed by atoms with Crippen molar-refractivity contribution in [2.24, 2.45) is 0 Å². The summed E-state index contributed by atoms with van der Waals surface area (Å²) in [5, 5.41) is 0. The number of rotatable bonds is 0. The maximum absolute atomic E-state index is 0. The van der Waals surface area contributed by atoms with E-state index in [2.05, 4.69) is 0 Å². The van der Waals surface area contributed by atoms with Gasteiger partial charge in [-0.1, -0.05) is 0 Å². The molecule has 0 atom stereocenters. The average molecular weight is 415 g/mol. The fourth-order valence-electron chi connectivity index (χ4n) is 0. The molecule has 0 saturated heterocycles. The van der Waals surface area contributed by atoms with Crippen molar-refractivity contribution in [1.82, 2.24) is 0 Å². The van der Waals surface area contributed by atoms with Crippen LogP contribution in [-0.2, 0) is 16.8 Å². The Morgan fingerprint density at radius 1 is 0.500 bits per heavy atom. The second-order valence-corrected chi connectivity index (χ2v) is 0. The summed E-state index contributed by atoms with van der Waals surface area (Å²) in [5.41, 5.74) is 0. The summed E-state index contributed by atoms with van der Waals surface area (Å²) >= 11 is 0. The summed E-state index contributed by atoms with van der Waals surface area (Å²) in [6, 6.07) is 0. The fraction of sp³-hybridized carbons (Fsp3) is 0. The van der Waals surface area contributed by atoms with Crippen molar-refractivity contribution in [3.63, 3.8) is 0 Å². The molecule has 0 amide bonds. The summed E-state index contributed by atoms with van der Waals surface area (Å²) in [5.74, 6) is 0. The van der Waals surface area contributed by atoms with Crippen molar-refractivity contribution < 1.29 is 16.8 Å². The molecule has 0 aromatic carbocycles. The van der Waals surface area contributed by atoms with Crippen LogP contribution in [0.1, 0.15) is 0 Å². The zero-order valence-corrected chi connectivity index (χ0v) is 11.4. The fourth-order valence-corrected chi connectivity index (χ4v) is 0. The van der Waals surface area contributed by atoms with E-state index in [4.69, 9.17) is 0 Å². The number of hydrogen-bond acceptors (Lipinski definition) is 0. The van der Waals surface area contributed by atoms with Gasteiger partial charge in [0.2, 0.25) is 0 Å². The summed E-state index contributed by atoms with van der Waals surface area (Å²) in [6.45, 7) is 0. The zero-order chi connectivity index (χ0) is 0. The minimum Gasteiger partial charge on any atom is 0 e. The van der Waals surface area contributed by atoms with E-state index in [0.29, 0.717) is 0 Å². The van der Waals surface area contributed by atoms with E-state index in [1.54, 1.807) is 0 Å². The largest absolute Gasteiger partial charge is 0 e. The van der Waals surface area contributed by atoms with Crippen LogP contribution in [0.25, 0.3) is 0 Å². The van der Waals surface area contributed by atoms with Crippen molar-refractivity contribution in [3.05, 3.63) is 0 Å². The molecule has 0 nitrogen and oxygen atoms in total. The van der Waals surface area contributed by atoms with Gasteiger partial charge in [-0.2, -0.15) is 0 Å². The van der Waals surface area contributed by atoms with Crippen LogP contribution in [0.2, 0.25) is 0 Å². The molecule has 4 heavy (non-hydrogen) atoms. The zero-order valence-electron chi connectivity index (χ0n) is 1.83. The summed E-state index contributed by atoms with van der Waals surface area (Å²) < 4.78 is 0. The van der Waals surface area contributed by atoms with Crippen molar-refractivity contribution >= 4 is 71.7 Å². The van der Waals surface area contributed by atoms with Gasteiger partial charge < -0.3 is 0 Å². The van der Waals surface area contributed by atoms with E-state index in [1.807, 2.05) is 0 Å². The molecule has 0 rings (SSSR count). The standard InChI is InChI=1S/Co.3Sn. The second-order valence-electron chi connectivity index (χ2n) is 0. The van der Waals surface area contributed by atoms with Crippen LogP contribution in [0.15, 0.2) is 0 Å². The third-order valence-electron chi connectivity index (χ3n) is 0. The van der Waals surface area contributed by atoms with Crippen LogP contribution in [-0.4, -0.2) is 71.7 Å². The molecule has 0 aliphatic rings. The van der Waals surface area contributed by atoms with E-state index in [0.717, 1.165) is 0 Å². The first-order chi connectivity index (χ1) is 0. The molecular formula is CoSn3. The maximum atomic E-state index is 0. The molecule has 0 aromatic rings. The number of hydrogen-bond donors (Lipinski definition) is 0. The Labute approximate surface area is 86.9 Å².